The van der Waals surface area contributed by atoms with E-state index in [0.717, 1.165) is 25.7 Å². The van der Waals surface area contributed by atoms with Gasteiger partial charge in [0.25, 0.3) is 10.2 Å². The summed E-state index contributed by atoms with van der Waals surface area (Å²) in [4.78, 5) is 0. The molecule has 0 aliphatic carbocycles. The van der Waals surface area contributed by atoms with E-state index in [1.165, 1.54) is 0 Å². The van der Waals surface area contributed by atoms with Crippen LogP contribution in [-0.4, -0.2) is 60.7 Å². The summed E-state index contributed by atoms with van der Waals surface area (Å²) in [6.07, 6.45) is 4.12. The lowest BCUT2D eigenvalue weighted by molar-refractivity contribution is -0.0425. The van der Waals surface area contributed by atoms with Crippen LogP contribution in [0.3, 0.4) is 0 Å². The van der Waals surface area contributed by atoms with Crippen molar-refractivity contribution in [1.82, 2.24) is 8.61 Å². The van der Waals surface area contributed by atoms with Gasteiger partial charge in [-0.3, -0.25) is 0 Å². The number of rotatable bonds is 3. The van der Waals surface area contributed by atoms with Gasteiger partial charge in [-0.1, -0.05) is 28.8 Å². The Bertz CT molecular complexity index is 382. The maximum atomic E-state index is 12.7. The molecule has 0 radical (unpaired) electrons. The molecule has 0 amide bonds. The van der Waals surface area contributed by atoms with Crippen LogP contribution in [0.15, 0.2) is 0 Å². The molecule has 0 bridgehead atoms. The van der Waals surface area contributed by atoms with Crippen molar-refractivity contribution in [2.24, 2.45) is 0 Å². The first kappa shape index (κ1) is 15.7. The van der Waals surface area contributed by atoms with E-state index < -0.39 is 10.2 Å². The van der Waals surface area contributed by atoms with Crippen LogP contribution in [0, 0.1) is 0 Å². The van der Waals surface area contributed by atoms with Crippen LogP contribution in [0.2, 0.25) is 0 Å². The number of alkyl halides is 1. The summed E-state index contributed by atoms with van der Waals surface area (Å²) >= 11 is 3.38. The van der Waals surface area contributed by atoms with Gasteiger partial charge in [0, 0.05) is 31.5 Å². The molecule has 2 rings (SSSR count). The Morgan fingerprint density at radius 2 is 1.74 bits per heavy atom. The van der Waals surface area contributed by atoms with Crippen molar-refractivity contribution in [1.29, 1.82) is 0 Å². The largest absolute Gasteiger partial charge is 0.372 e. The Morgan fingerprint density at radius 1 is 1.11 bits per heavy atom. The zero-order valence-electron chi connectivity index (χ0n) is 11.4. The van der Waals surface area contributed by atoms with Gasteiger partial charge in [0.2, 0.25) is 0 Å². The molecule has 2 heterocycles. The summed E-state index contributed by atoms with van der Waals surface area (Å²) in [6, 6.07) is 0. The topological polar surface area (TPSA) is 49.9 Å². The van der Waals surface area contributed by atoms with E-state index in [4.69, 9.17) is 4.74 Å². The molecule has 2 fully saturated rings. The lowest BCUT2D eigenvalue weighted by Gasteiger charge is -2.37. The van der Waals surface area contributed by atoms with E-state index >= 15 is 0 Å². The molecule has 2 unspecified atom stereocenters. The first-order chi connectivity index (χ1) is 9.04. The maximum absolute atomic E-state index is 12.7. The quantitative estimate of drug-likeness (QED) is 0.723. The zero-order chi connectivity index (χ0) is 13.9. The molecular formula is C12H23BrN2O3S. The van der Waals surface area contributed by atoms with E-state index in [0.29, 0.717) is 31.5 Å². The van der Waals surface area contributed by atoms with Crippen molar-refractivity contribution in [3.8, 4) is 0 Å². The highest BCUT2D eigenvalue weighted by Gasteiger charge is 2.36. The summed E-state index contributed by atoms with van der Waals surface area (Å²) in [5.74, 6) is 0. The summed E-state index contributed by atoms with van der Waals surface area (Å²) in [5, 5.41) is 0.670. The van der Waals surface area contributed by atoms with Gasteiger partial charge < -0.3 is 4.74 Å². The minimum atomic E-state index is -3.32. The summed E-state index contributed by atoms with van der Waals surface area (Å²) in [7, 11) is -3.32. The Kier molecular flexibility index (Phi) is 5.65. The van der Waals surface area contributed by atoms with Crippen LogP contribution in [0.5, 0.6) is 0 Å². The molecule has 0 spiro atoms. The molecule has 19 heavy (non-hydrogen) atoms. The van der Waals surface area contributed by atoms with Crippen molar-refractivity contribution < 1.29 is 13.2 Å². The average Bonchev–Trinajstić information content (AvgIpc) is 2.67. The van der Waals surface area contributed by atoms with Crippen molar-refractivity contribution in [3.63, 3.8) is 0 Å². The predicted molar refractivity (Wildman–Crippen MR) is 78.7 cm³/mol. The molecule has 2 aliphatic rings. The van der Waals surface area contributed by atoms with E-state index in [9.17, 15) is 8.42 Å². The van der Waals surface area contributed by atoms with Crippen molar-refractivity contribution >= 4 is 26.1 Å². The second kappa shape index (κ2) is 6.85. The van der Waals surface area contributed by atoms with Crippen molar-refractivity contribution in [2.75, 3.05) is 31.5 Å². The first-order valence-electron chi connectivity index (χ1n) is 7.00. The normalized spacial score (nSPS) is 32.1. The molecule has 0 aromatic heterocycles. The van der Waals surface area contributed by atoms with Gasteiger partial charge >= 0.3 is 0 Å². The first-order valence-corrected chi connectivity index (χ1v) is 9.52. The second-order valence-electron chi connectivity index (χ2n) is 5.36. The van der Waals surface area contributed by atoms with Gasteiger partial charge in [0.05, 0.1) is 12.2 Å². The van der Waals surface area contributed by atoms with Crippen molar-refractivity contribution in [2.45, 2.75) is 44.8 Å². The van der Waals surface area contributed by atoms with E-state index in [1.54, 1.807) is 8.61 Å². The lowest BCUT2D eigenvalue weighted by atomic mass is 10.2. The fourth-order valence-corrected chi connectivity index (χ4v) is 4.87. The van der Waals surface area contributed by atoms with E-state index in [2.05, 4.69) is 15.9 Å². The molecule has 0 aromatic rings. The number of hydrogen-bond donors (Lipinski definition) is 0. The highest BCUT2D eigenvalue weighted by molar-refractivity contribution is 9.09. The summed E-state index contributed by atoms with van der Waals surface area (Å²) in [5.41, 5.74) is 0. The van der Waals surface area contributed by atoms with Gasteiger partial charge in [0.1, 0.15) is 0 Å². The molecule has 0 N–H and O–H groups in total. The summed E-state index contributed by atoms with van der Waals surface area (Å²) < 4.78 is 34.3. The molecule has 7 heteroatoms. The monoisotopic (exact) mass is 354 g/mol. The van der Waals surface area contributed by atoms with Gasteiger partial charge in [-0.05, 0) is 19.8 Å². The van der Waals surface area contributed by atoms with Gasteiger partial charge in [-0.25, -0.2) is 0 Å². The maximum Gasteiger partial charge on any atom is 0.282 e. The van der Waals surface area contributed by atoms with Crippen LogP contribution < -0.4 is 0 Å². The highest BCUT2D eigenvalue weighted by atomic mass is 79.9. The Hall–Kier alpha value is 0.310. The van der Waals surface area contributed by atoms with Crippen LogP contribution in [-0.2, 0) is 14.9 Å². The number of ether oxygens (including phenoxy) is 1. The fraction of sp³-hybridized carbons (Fsp3) is 1.00. The minimum absolute atomic E-state index is 0.0435. The molecule has 2 atom stereocenters. The van der Waals surface area contributed by atoms with Gasteiger partial charge in [-0.15, -0.1) is 0 Å². The van der Waals surface area contributed by atoms with Crippen LogP contribution >= 0.6 is 15.9 Å². The van der Waals surface area contributed by atoms with E-state index in [1.807, 2.05) is 6.92 Å². The zero-order valence-corrected chi connectivity index (χ0v) is 13.8. The Balaban J connectivity index is 2.08. The van der Waals surface area contributed by atoms with E-state index in [-0.39, 0.29) is 12.2 Å². The molecular weight excluding hydrogens is 332 g/mol. The Morgan fingerprint density at radius 3 is 2.32 bits per heavy atom. The van der Waals surface area contributed by atoms with Crippen LogP contribution in [0.25, 0.3) is 0 Å². The lowest BCUT2D eigenvalue weighted by Crippen LogP contribution is -2.54. The summed E-state index contributed by atoms with van der Waals surface area (Å²) in [6.45, 7) is 4.16. The van der Waals surface area contributed by atoms with Crippen molar-refractivity contribution in [3.05, 3.63) is 0 Å². The molecule has 0 aromatic carbocycles. The molecule has 2 saturated heterocycles. The van der Waals surface area contributed by atoms with Crippen LogP contribution in [0.1, 0.15) is 32.6 Å². The number of halogens is 1. The number of morpholine rings is 1. The smallest absolute Gasteiger partial charge is 0.282 e. The third-order valence-corrected chi connectivity index (χ3v) is 6.37. The third-order valence-electron chi connectivity index (χ3n) is 3.68. The minimum Gasteiger partial charge on any atom is -0.372 e. The molecule has 0 saturated carbocycles. The number of nitrogens with zero attached hydrogens (tertiary/aromatic N) is 2. The average molecular weight is 355 g/mol. The standard InChI is InChI=1S/C12H23BrN2O3S/c1-11-9-15(10-12(8-13)18-11)19(16,17)14-6-4-2-3-5-7-14/h11-12H,2-10H2,1H3. The Labute approximate surface area is 124 Å². The molecule has 112 valence electrons. The third kappa shape index (κ3) is 3.91. The van der Waals surface area contributed by atoms with Gasteiger partial charge in [0.15, 0.2) is 0 Å². The van der Waals surface area contributed by atoms with Crippen LogP contribution in [0.4, 0.5) is 0 Å². The fourth-order valence-electron chi connectivity index (χ4n) is 2.71. The predicted octanol–water partition coefficient (Wildman–Crippen LogP) is 1.59. The highest BCUT2D eigenvalue weighted by Crippen LogP contribution is 2.21. The molecule has 2 aliphatic heterocycles. The SMILES string of the molecule is CC1CN(S(=O)(=O)N2CCCCCC2)CC(CBr)O1. The second-order valence-corrected chi connectivity index (χ2v) is 7.94. The molecule has 5 nitrogen and oxygen atoms in total. The number of hydrogen-bond acceptors (Lipinski definition) is 3. The van der Waals surface area contributed by atoms with Gasteiger partial charge in [-0.2, -0.15) is 17.0 Å².